The fraction of sp³-hybridized carbons (Fsp3) is 0.368. The van der Waals surface area contributed by atoms with Gasteiger partial charge in [-0.15, -0.1) is 0 Å². The molecule has 1 aliphatic rings. The number of carbonyl (C=O) groups excluding carboxylic acids is 1. The quantitative estimate of drug-likeness (QED) is 0.847. The van der Waals surface area contributed by atoms with Gasteiger partial charge in [-0.2, -0.15) is 4.31 Å². The first-order valence-corrected chi connectivity index (χ1v) is 10.3. The van der Waals surface area contributed by atoms with E-state index in [0.29, 0.717) is 25.1 Å². The summed E-state index contributed by atoms with van der Waals surface area (Å²) in [6.45, 7) is 2.15. The molecule has 1 N–H and O–H groups in total. The minimum absolute atomic E-state index is 0.0623. The lowest BCUT2D eigenvalue weighted by atomic mass is 9.99. The molecule has 1 saturated heterocycles. The van der Waals surface area contributed by atoms with Crippen molar-refractivity contribution in [2.45, 2.75) is 24.7 Å². The Morgan fingerprint density at radius 1 is 1.30 bits per heavy atom. The minimum Gasteiger partial charge on any atom is -0.359 e. The van der Waals surface area contributed by atoms with Crippen LogP contribution >= 0.6 is 0 Å². The van der Waals surface area contributed by atoms with Crippen molar-refractivity contribution in [1.29, 1.82) is 0 Å². The van der Waals surface area contributed by atoms with Gasteiger partial charge in [0.25, 0.3) is 0 Å². The van der Waals surface area contributed by atoms with E-state index in [9.17, 15) is 13.2 Å². The highest BCUT2D eigenvalue weighted by atomic mass is 32.2. The molecule has 144 valence electrons. The molecule has 0 bridgehead atoms. The van der Waals surface area contributed by atoms with Gasteiger partial charge >= 0.3 is 0 Å². The molecule has 3 rings (SSSR count). The Hall–Kier alpha value is -2.45. The summed E-state index contributed by atoms with van der Waals surface area (Å²) in [5, 5.41) is 6.45. The number of amides is 1. The summed E-state index contributed by atoms with van der Waals surface area (Å²) in [7, 11) is -2.25. The van der Waals surface area contributed by atoms with Crippen molar-refractivity contribution in [2.75, 3.05) is 20.1 Å². The van der Waals surface area contributed by atoms with Crippen molar-refractivity contribution in [3.8, 4) is 0 Å². The maximum Gasteiger partial charge on any atom is 0.248 e. The topological polar surface area (TPSA) is 92.5 Å². The van der Waals surface area contributed by atoms with Gasteiger partial charge in [0.1, 0.15) is 5.69 Å². The minimum atomic E-state index is -3.81. The van der Waals surface area contributed by atoms with Crippen LogP contribution in [0.25, 0.3) is 12.2 Å². The van der Waals surface area contributed by atoms with E-state index in [0.717, 1.165) is 5.56 Å². The molecule has 1 fully saturated rings. The molecular formula is C19H23N3O4S. The lowest BCUT2D eigenvalue weighted by Crippen LogP contribution is -2.44. The van der Waals surface area contributed by atoms with Crippen LogP contribution in [-0.2, 0) is 14.8 Å². The number of rotatable bonds is 5. The fourth-order valence-corrected chi connectivity index (χ4v) is 5.02. The van der Waals surface area contributed by atoms with Gasteiger partial charge in [-0.25, -0.2) is 8.42 Å². The normalized spacial score (nSPS) is 18.7. The van der Waals surface area contributed by atoms with Gasteiger partial charge in [0.2, 0.25) is 15.9 Å². The van der Waals surface area contributed by atoms with Crippen LogP contribution in [-0.4, -0.2) is 43.9 Å². The van der Waals surface area contributed by atoms with Crippen molar-refractivity contribution >= 4 is 28.1 Å². The average molecular weight is 389 g/mol. The van der Waals surface area contributed by atoms with Crippen LogP contribution in [0.4, 0.5) is 0 Å². The van der Waals surface area contributed by atoms with Crippen molar-refractivity contribution in [3.05, 3.63) is 47.3 Å². The molecule has 0 spiro atoms. The summed E-state index contributed by atoms with van der Waals surface area (Å²) in [6, 6.07) is 9.52. The Balaban J connectivity index is 1.90. The van der Waals surface area contributed by atoms with Crippen molar-refractivity contribution in [3.63, 3.8) is 0 Å². The van der Waals surface area contributed by atoms with Gasteiger partial charge in [0.05, 0.1) is 5.92 Å². The van der Waals surface area contributed by atoms with Gasteiger partial charge in [0, 0.05) is 20.1 Å². The summed E-state index contributed by atoms with van der Waals surface area (Å²) < 4.78 is 33.1. The lowest BCUT2D eigenvalue weighted by molar-refractivity contribution is -0.125. The highest BCUT2D eigenvalue weighted by Crippen LogP contribution is 2.29. The number of nitrogens with zero attached hydrogens (tertiary/aromatic N) is 2. The third-order valence-corrected chi connectivity index (χ3v) is 6.68. The van der Waals surface area contributed by atoms with Crippen molar-refractivity contribution in [2.24, 2.45) is 5.92 Å². The number of nitrogens with one attached hydrogen (secondary N) is 1. The van der Waals surface area contributed by atoms with Gasteiger partial charge in [-0.3, -0.25) is 4.79 Å². The molecule has 0 aliphatic carbocycles. The highest BCUT2D eigenvalue weighted by molar-refractivity contribution is 7.89. The zero-order valence-electron chi connectivity index (χ0n) is 15.4. The number of hydrogen-bond donors (Lipinski definition) is 1. The van der Waals surface area contributed by atoms with E-state index in [1.54, 1.807) is 26.1 Å². The highest BCUT2D eigenvalue weighted by Gasteiger charge is 2.36. The molecule has 0 saturated carbocycles. The Kier molecular flexibility index (Phi) is 5.76. The second kappa shape index (κ2) is 8.06. The van der Waals surface area contributed by atoms with Crippen molar-refractivity contribution < 1.29 is 17.7 Å². The number of hydrogen-bond acceptors (Lipinski definition) is 5. The van der Waals surface area contributed by atoms with Crippen LogP contribution in [0.1, 0.15) is 29.9 Å². The molecule has 1 amide bonds. The molecule has 0 radical (unpaired) electrons. The van der Waals surface area contributed by atoms with Gasteiger partial charge < -0.3 is 9.84 Å². The van der Waals surface area contributed by atoms with Crippen LogP contribution in [0, 0.1) is 12.8 Å². The third-order valence-electron chi connectivity index (χ3n) is 4.66. The summed E-state index contributed by atoms with van der Waals surface area (Å²) in [5.74, 6) is -0.290. The standard InChI is InChI=1S/C19H23N3O4S/c1-14-18(17(26-21-14)11-10-15-7-4-3-5-8-15)27(24,25)22-12-6-9-16(13-22)19(23)20-2/h3-5,7-8,10-11,16H,6,9,12-13H2,1-2H3,(H,20,23)/b11-10+. The lowest BCUT2D eigenvalue weighted by Gasteiger charge is -2.30. The Bertz CT molecular complexity index is 935. The van der Waals surface area contributed by atoms with Crippen molar-refractivity contribution in [1.82, 2.24) is 14.8 Å². The molecule has 2 heterocycles. The molecular weight excluding hydrogens is 366 g/mol. The predicted molar refractivity (Wildman–Crippen MR) is 102 cm³/mol. The second-order valence-electron chi connectivity index (χ2n) is 6.52. The smallest absolute Gasteiger partial charge is 0.248 e. The van der Waals surface area contributed by atoms with Gasteiger partial charge in [-0.05, 0) is 31.4 Å². The Labute approximate surface area is 159 Å². The first kappa shape index (κ1) is 19.3. The fourth-order valence-electron chi connectivity index (χ4n) is 3.24. The van der Waals surface area contributed by atoms with Crippen LogP contribution in [0.5, 0.6) is 0 Å². The molecule has 1 aromatic carbocycles. The van der Waals surface area contributed by atoms with Gasteiger partial charge in [-0.1, -0.05) is 41.6 Å². The number of sulfonamides is 1. The largest absolute Gasteiger partial charge is 0.359 e. The first-order valence-electron chi connectivity index (χ1n) is 8.84. The maximum atomic E-state index is 13.2. The summed E-state index contributed by atoms with van der Waals surface area (Å²) >= 11 is 0. The molecule has 1 atom stereocenters. The number of piperidine rings is 1. The number of aromatic nitrogens is 1. The summed E-state index contributed by atoms with van der Waals surface area (Å²) in [6.07, 6.45) is 4.71. The zero-order valence-corrected chi connectivity index (χ0v) is 16.2. The zero-order chi connectivity index (χ0) is 19.4. The van der Waals surface area contributed by atoms with Gasteiger partial charge in [0.15, 0.2) is 10.7 Å². The third kappa shape index (κ3) is 4.12. The Morgan fingerprint density at radius 3 is 2.74 bits per heavy atom. The Morgan fingerprint density at radius 2 is 2.04 bits per heavy atom. The molecule has 27 heavy (non-hydrogen) atoms. The molecule has 2 aromatic rings. The van der Waals surface area contributed by atoms with E-state index < -0.39 is 10.0 Å². The van der Waals surface area contributed by atoms with Crippen LogP contribution in [0.2, 0.25) is 0 Å². The van der Waals surface area contributed by atoms with Crippen LogP contribution in [0.15, 0.2) is 39.8 Å². The first-order chi connectivity index (χ1) is 12.9. The van der Waals surface area contributed by atoms with E-state index in [1.807, 2.05) is 30.3 Å². The predicted octanol–water partition coefficient (Wildman–Crippen LogP) is 2.30. The number of carbonyl (C=O) groups is 1. The summed E-state index contributed by atoms with van der Waals surface area (Å²) in [5.41, 5.74) is 1.23. The SMILES string of the molecule is CNC(=O)C1CCCN(S(=O)(=O)c2c(C)noc2/C=C/c2ccccc2)C1. The molecule has 1 aromatic heterocycles. The monoisotopic (exact) mass is 389 g/mol. The molecule has 8 heteroatoms. The van der Waals surface area contributed by atoms with Crippen LogP contribution < -0.4 is 5.32 Å². The average Bonchev–Trinajstić information content (AvgIpc) is 3.08. The summed E-state index contributed by atoms with van der Waals surface area (Å²) in [4.78, 5) is 12.0. The van der Waals surface area contributed by atoms with Crippen LogP contribution in [0.3, 0.4) is 0 Å². The maximum absolute atomic E-state index is 13.2. The molecule has 1 aliphatic heterocycles. The molecule has 1 unspecified atom stereocenters. The van der Waals surface area contributed by atoms with E-state index >= 15 is 0 Å². The number of aryl methyl sites for hydroxylation is 1. The van der Waals surface area contributed by atoms with E-state index in [2.05, 4.69) is 10.5 Å². The number of benzene rings is 1. The second-order valence-corrected chi connectivity index (χ2v) is 8.40. The van der Waals surface area contributed by atoms with E-state index in [-0.39, 0.29) is 29.0 Å². The molecule has 7 nitrogen and oxygen atoms in total. The van der Waals surface area contributed by atoms with E-state index in [1.165, 1.54) is 4.31 Å². The van der Waals surface area contributed by atoms with E-state index in [4.69, 9.17) is 4.52 Å².